The Labute approximate surface area is 148 Å². The average molecular weight is 353 g/mol. The fourth-order valence-corrected chi connectivity index (χ4v) is 3.01. The van der Waals surface area contributed by atoms with Gasteiger partial charge in [0.1, 0.15) is 0 Å². The SMILES string of the molecule is Cc1ccc(-c2csc(NC(=O)c3cccc([N+](=O)[O-])c3)n2)cc1C. The molecule has 0 saturated carbocycles. The van der Waals surface area contributed by atoms with Gasteiger partial charge in [-0.2, -0.15) is 0 Å². The molecule has 0 atom stereocenters. The molecule has 0 spiro atoms. The van der Waals surface area contributed by atoms with Crippen LogP contribution in [0.25, 0.3) is 11.3 Å². The van der Waals surface area contributed by atoms with Crippen LogP contribution in [0.3, 0.4) is 0 Å². The van der Waals surface area contributed by atoms with E-state index in [1.54, 1.807) is 0 Å². The van der Waals surface area contributed by atoms with Crippen LogP contribution >= 0.6 is 11.3 Å². The lowest BCUT2D eigenvalue weighted by molar-refractivity contribution is -0.384. The van der Waals surface area contributed by atoms with E-state index in [0.717, 1.165) is 11.3 Å². The van der Waals surface area contributed by atoms with Crippen LogP contribution < -0.4 is 5.32 Å². The van der Waals surface area contributed by atoms with Gasteiger partial charge in [-0.25, -0.2) is 4.98 Å². The van der Waals surface area contributed by atoms with E-state index in [2.05, 4.69) is 16.4 Å². The highest BCUT2D eigenvalue weighted by atomic mass is 32.1. The molecule has 1 heterocycles. The van der Waals surface area contributed by atoms with Gasteiger partial charge < -0.3 is 0 Å². The van der Waals surface area contributed by atoms with Crippen molar-refractivity contribution in [3.63, 3.8) is 0 Å². The molecule has 3 rings (SSSR count). The number of carbonyl (C=O) groups excluding carboxylic acids is 1. The van der Waals surface area contributed by atoms with Gasteiger partial charge in [0.15, 0.2) is 5.13 Å². The maximum Gasteiger partial charge on any atom is 0.270 e. The highest BCUT2D eigenvalue weighted by Gasteiger charge is 2.13. The number of rotatable bonds is 4. The summed E-state index contributed by atoms with van der Waals surface area (Å²) in [5.74, 6) is -0.426. The number of amides is 1. The summed E-state index contributed by atoms with van der Waals surface area (Å²) in [5.41, 5.74) is 4.24. The zero-order valence-corrected chi connectivity index (χ0v) is 14.5. The molecule has 2 aromatic carbocycles. The summed E-state index contributed by atoms with van der Waals surface area (Å²) >= 11 is 1.31. The Bertz CT molecular complexity index is 966. The van der Waals surface area contributed by atoms with Gasteiger partial charge in [-0.3, -0.25) is 20.2 Å². The van der Waals surface area contributed by atoms with Gasteiger partial charge in [-0.1, -0.05) is 18.2 Å². The molecule has 0 unspecified atom stereocenters. The maximum atomic E-state index is 12.3. The minimum atomic E-state index is -0.530. The first-order valence-corrected chi connectivity index (χ1v) is 8.41. The fraction of sp³-hybridized carbons (Fsp3) is 0.111. The van der Waals surface area contributed by atoms with Crippen molar-refractivity contribution in [1.82, 2.24) is 4.98 Å². The van der Waals surface area contributed by atoms with Gasteiger partial charge in [-0.05, 0) is 37.1 Å². The monoisotopic (exact) mass is 353 g/mol. The fourth-order valence-electron chi connectivity index (χ4n) is 2.29. The molecular weight excluding hydrogens is 338 g/mol. The van der Waals surface area contributed by atoms with Crippen molar-refractivity contribution < 1.29 is 9.72 Å². The van der Waals surface area contributed by atoms with E-state index < -0.39 is 10.8 Å². The van der Waals surface area contributed by atoms with Crippen molar-refractivity contribution in [2.45, 2.75) is 13.8 Å². The number of hydrogen-bond donors (Lipinski definition) is 1. The van der Waals surface area contributed by atoms with Crippen LogP contribution in [-0.2, 0) is 0 Å². The van der Waals surface area contributed by atoms with Gasteiger partial charge in [0.25, 0.3) is 11.6 Å². The van der Waals surface area contributed by atoms with Crippen LogP contribution in [0.5, 0.6) is 0 Å². The molecule has 0 aliphatic rings. The molecule has 3 aromatic rings. The van der Waals surface area contributed by atoms with E-state index in [9.17, 15) is 14.9 Å². The van der Waals surface area contributed by atoms with Crippen molar-refractivity contribution in [3.8, 4) is 11.3 Å². The van der Waals surface area contributed by atoms with Crippen molar-refractivity contribution in [2.24, 2.45) is 0 Å². The first kappa shape index (κ1) is 16.8. The third-order valence-electron chi connectivity index (χ3n) is 3.85. The standard InChI is InChI=1S/C18H15N3O3S/c1-11-6-7-13(8-12(11)2)16-10-25-18(19-16)20-17(22)14-4-3-5-15(9-14)21(23)24/h3-10H,1-2H3,(H,19,20,22). The van der Waals surface area contributed by atoms with Crippen LogP contribution in [0, 0.1) is 24.0 Å². The Kier molecular flexibility index (Phi) is 4.58. The van der Waals surface area contributed by atoms with E-state index in [1.165, 1.54) is 46.7 Å². The molecule has 7 heteroatoms. The van der Waals surface area contributed by atoms with Crippen LogP contribution in [0.4, 0.5) is 10.8 Å². The minimum Gasteiger partial charge on any atom is -0.298 e. The van der Waals surface area contributed by atoms with Gasteiger partial charge in [0, 0.05) is 28.6 Å². The number of aryl methyl sites for hydroxylation is 2. The second kappa shape index (κ2) is 6.82. The molecule has 1 aromatic heterocycles. The summed E-state index contributed by atoms with van der Waals surface area (Å²) in [6, 6.07) is 11.7. The molecule has 0 fully saturated rings. The van der Waals surface area contributed by atoms with E-state index in [-0.39, 0.29) is 11.3 Å². The number of non-ortho nitro benzene ring substituents is 1. The van der Waals surface area contributed by atoms with Crippen LogP contribution in [0.1, 0.15) is 21.5 Å². The number of benzene rings is 2. The van der Waals surface area contributed by atoms with E-state index in [4.69, 9.17) is 0 Å². The number of aromatic nitrogens is 1. The van der Waals surface area contributed by atoms with E-state index >= 15 is 0 Å². The summed E-state index contributed by atoms with van der Waals surface area (Å²) in [4.78, 5) is 27.0. The first-order chi connectivity index (χ1) is 11.9. The van der Waals surface area contributed by atoms with E-state index in [1.807, 2.05) is 31.4 Å². The molecule has 25 heavy (non-hydrogen) atoms. The molecular formula is C18H15N3O3S. The van der Waals surface area contributed by atoms with Crippen molar-refractivity contribution >= 4 is 28.1 Å². The molecule has 0 radical (unpaired) electrons. The number of nitro benzene ring substituents is 1. The smallest absolute Gasteiger partial charge is 0.270 e. The zero-order valence-electron chi connectivity index (χ0n) is 13.6. The number of nitro groups is 1. The Hall–Kier alpha value is -3.06. The Balaban J connectivity index is 1.79. The second-order valence-corrected chi connectivity index (χ2v) is 6.46. The number of nitrogens with one attached hydrogen (secondary N) is 1. The van der Waals surface area contributed by atoms with Crippen molar-refractivity contribution in [1.29, 1.82) is 0 Å². The normalized spacial score (nSPS) is 10.5. The zero-order chi connectivity index (χ0) is 18.0. The quantitative estimate of drug-likeness (QED) is 0.549. The number of anilines is 1. The summed E-state index contributed by atoms with van der Waals surface area (Å²) in [6.45, 7) is 4.08. The summed E-state index contributed by atoms with van der Waals surface area (Å²) in [7, 11) is 0. The highest BCUT2D eigenvalue weighted by Crippen LogP contribution is 2.27. The first-order valence-electron chi connectivity index (χ1n) is 7.53. The lowest BCUT2D eigenvalue weighted by Gasteiger charge is -2.03. The van der Waals surface area contributed by atoms with E-state index in [0.29, 0.717) is 5.13 Å². The third-order valence-corrected chi connectivity index (χ3v) is 4.60. The summed E-state index contributed by atoms with van der Waals surface area (Å²) in [5, 5.41) is 15.8. The van der Waals surface area contributed by atoms with Crippen LogP contribution in [0.2, 0.25) is 0 Å². The minimum absolute atomic E-state index is 0.123. The van der Waals surface area contributed by atoms with Crippen LogP contribution in [-0.4, -0.2) is 15.8 Å². The number of thiazole rings is 1. The predicted octanol–water partition coefficient (Wildman–Crippen LogP) is 4.59. The summed E-state index contributed by atoms with van der Waals surface area (Å²) in [6.07, 6.45) is 0. The van der Waals surface area contributed by atoms with Crippen molar-refractivity contribution in [3.05, 3.63) is 74.6 Å². The number of hydrogen-bond acceptors (Lipinski definition) is 5. The largest absolute Gasteiger partial charge is 0.298 e. The Morgan fingerprint density at radius 3 is 2.68 bits per heavy atom. The van der Waals surface area contributed by atoms with Gasteiger partial charge >= 0.3 is 0 Å². The molecule has 1 N–H and O–H groups in total. The predicted molar refractivity (Wildman–Crippen MR) is 98.1 cm³/mol. The van der Waals surface area contributed by atoms with Gasteiger partial charge in [0.05, 0.1) is 10.6 Å². The lowest BCUT2D eigenvalue weighted by Crippen LogP contribution is -2.11. The number of nitrogens with zero attached hydrogens (tertiary/aromatic N) is 2. The topological polar surface area (TPSA) is 85.1 Å². The highest BCUT2D eigenvalue weighted by molar-refractivity contribution is 7.14. The van der Waals surface area contributed by atoms with Crippen LogP contribution in [0.15, 0.2) is 47.8 Å². The Morgan fingerprint density at radius 2 is 1.96 bits per heavy atom. The molecule has 0 bridgehead atoms. The summed E-state index contributed by atoms with van der Waals surface area (Å²) < 4.78 is 0. The maximum absolute atomic E-state index is 12.3. The van der Waals surface area contributed by atoms with Crippen molar-refractivity contribution in [2.75, 3.05) is 5.32 Å². The second-order valence-electron chi connectivity index (χ2n) is 5.60. The Morgan fingerprint density at radius 1 is 1.16 bits per heavy atom. The lowest BCUT2D eigenvalue weighted by atomic mass is 10.1. The molecule has 126 valence electrons. The molecule has 0 aliphatic carbocycles. The average Bonchev–Trinajstić information content (AvgIpc) is 3.06. The molecule has 0 saturated heterocycles. The van der Waals surface area contributed by atoms with Gasteiger partial charge in [-0.15, -0.1) is 11.3 Å². The molecule has 1 amide bonds. The number of carbonyl (C=O) groups is 1. The van der Waals surface area contributed by atoms with Gasteiger partial charge in [0.2, 0.25) is 0 Å². The molecule has 6 nitrogen and oxygen atoms in total. The third kappa shape index (κ3) is 3.72. The molecule has 0 aliphatic heterocycles.